The number of rotatable bonds is 8. The van der Waals surface area contributed by atoms with Gasteiger partial charge in [0.25, 0.3) is 0 Å². The fraction of sp³-hybridized carbons (Fsp3) is 0.473. The van der Waals surface area contributed by atoms with E-state index >= 15 is 0 Å². The molecule has 0 saturated carbocycles. The first-order valence-corrected chi connectivity index (χ1v) is 38.5. The van der Waals surface area contributed by atoms with Crippen LogP contribution in [0.25, 0.3) is 34.5 Å². The van der Waals surface area contributed by atoms with Crippen molar-refractivity contribution in [2.45, 2.75) is 298 Å². The van der Waals surface area contributed by atoms with Gasteiger partial charge in [0.15, 0.2) is 0 Å². The number of hydrogen-bond donors (Lipinski definition) is 0. The summed E-state index contributed by atoms with van der Waals surface area (Å²) in [6.07, 6.45) is 31.9. The normalized spacial score (nSPS) is 5.83. The van der Waals surface area contributed by atoms with Crippen molar-refractivity contribution >= 4 is 61.7 Å². The molecule has 0 unspecified atom stereocenters. The van der Waals surface area contributed by atoms with Crippen LogP contribution < -0.4 is 411 Å². The van der Waals surface area contributed by atoms with Gasteiger partial charge in [-0.25, -0.2) is 38.7 Å². The minimum Gasteiger partial charge on any atom is -0.879 e. The predicted octanol–water partition coefficient (Wildman–Crippen LogP) is 5.18. The largest absolute Gasteiger partial charge is 1.00 e. The van der Waals surface area contributed by atoms with Gasteiger partial charge in [-0.1, -0.05) is 342 Å². The first kappa shape index (κ1) is 209. The Morgan fingerprint density at radius 3 is 0.609 bits per heavy atom. The summed E-state index contributed by atoms with van der Waals surface area (Å²) in [5, 5.41) is 46.0. The number of pyridine rings is 5. The molecule has 8 aromatic rings. The minimum atomic E-state index is 0. The van der Waals surface area contributed by atoms with Crippen molar-refractivity contribution in [3.8, 4) is 0 Å². The zero-order chi connectivity index (χ0) is 88.6. The molecule has 0 aliphatic rings. The van der Waals surface area contributed by atoms with Gasteiger partial charge in [-0.15, -0.1) is 42.9 Å². The van der Waals surface area contributed by atoms with Gasteiger partial charge in [0.05, 0.1) is 0 Å². The molecular formula is C91H162K8N16-8. The van der Waals surface area contributed by atoms with Crippen LogP contribution in [0.5, 0.6) is 0 Å². The van der Waals surface area contributed by atoms with Crippen LogP contribution in [0.4, 0.5) is 11.4 Å². The Morgan fingerprint density at radius 1 is 0.243 bits per heavy atom. The second-order valence-corrected chi connectivity index (χ2v) is 10.2. The molecule has 16 nitrogen and oxygen atoms in total. The van der Waals surface area contributed by atoms with E-state index in [1.54, 1.807) is 86.1 Å². The molecule has 115 heavy (non-hydrogen) atoms. The number of aliphatic imine (C=N–C) groups is 2. The molecule has 0 bridgehead atoms. The van der Waals surface area contributed by atoms with E-state index in [1.165, 1.54) is 61.6 Å². The molecule has 0 fully saturated rings. The monoisotopic (exact) mass is 1790 g/mol. The van der Waals surface area contributed by atoms with Crippen LogP contribution in [0.3, 0.4) is 0 Å². The summed E-state index contributed by atoms with van der Waals surface area (Å²) in [5.74, 6) is 0. The Hall–Kier alpha value is 3.65. The maximum absolute atomic E-state index is 8.35. The fourth-order valence-electron chi connectivity index (χ4n) is 3.08. The van der Waals surface area contributed by atoms with E-state index in [4.69, 9.17) is 49.4 Å². The molecule has 0 spiro atoms. The van der Waals surface area contributed by atoms with E-state index in [0.29, 0.717) is 28.1 Å². The van der Waals surface area contributed by atoms with Crippen molar-refractivity contribution in [2.24, 2.45) is 9.98 Å². The third-order valence-corrected chi connectivity index (χ3v) is 5.98. The molecule has 0 aliphatic heterocycles. The molecule has 622 valence electrons. The summed E-state index contributed by atoms with van der Waals surface area (Å²) < 4.78 is 0. The topological polar surface area (TPSA) is 233 Å². The summed E-state index contributed by atoms with van der Waals surface area (Å²) >= 11 is 0. The third kappa shape index (κ3) is 225. The van der Waals surface area contributed by atoms with Crippen molar-refractivity contribution in [3.63, 3.8) is 0 Å². The average Bonchev–Trinajstić information content (AvgIpc) is 1.10. The van der Waals surface area contributed by atoms with Gasteiger partial charge in [-0.2, -0.15) is 64.8 Å². The fourth-order valence-corrected chi connectivity index (χ4v) is 3.08. The Labute approximate surface area is 1060 Å². The molecule has 0 atom stereocenters. The molecule has 0 radical (unpaired) electrons. The molecule has 8 heterocycles. The Bertz CT molecular complexity index is 1930. The Balaban J connectivity index is -0.0000000238. The van der Waals surface area contributed by atoms with Crippen molar-refractivity contribution in [1.29, 1.82) is 0 Å². The number of hydrogen-bond acceptors (Lipinski definition) is 13. The second kappa shape index (κ2) is 280. The zero-order valence-electron chi connectivity index (χ0n) is 83.6. The summed E-state index contributed by atoms with van der Waals surface area (Å²) in [7, 11) is 0. The molecular weight excluding hydrogens is 1630 g/mol. The second-order valence-electron chi connectivity index (χ2n) is 10.2. The number of nitrogens with zero attached hydrogens (tertiary/aromatic N) is 16. The predicted molar refractivity (Wildman–Crippen MR) is 491 cm³/mol. The van der Waals surface area contributed by atoms with Gasteiger partial charge in [0.1, 0.15) is 0 Å². The van der Waals surface area contributed by atoms with Crippen molar-refractivity contribution in [3.05, 3.63) is 247 Å². The maximum Gasteiger partial charge on any atom is 1.00 e. The van der Waals surface area contributed by atoms with Crippen LogP contribution in [0.2, 0.25) is 0 Å². The molecule has 0 N–H and O–H groups in total. The van der Waals surface area contributed by atoms with E-state index in [-0.39, 0.29) is 419 Å². The quantitative estimate of drug-likeness (QED) is 0.109. The summed E-state index contributed by atoms with van der Waals surface area (Å²) in [6.45, 7) is 109. The van der Waals surface area contributed by atoms with Crippen molar-refractivity contribution < 1.29 is 411 Å². The Kier molecular flexibility index (Phi) is 508. The van der Waals surface area contributed by atoms with E-state index in [2.05, 4.69) is 114 Å². The third-order valence-electron chi connectivity index (χ3n) is 5.98. The van der Waals surface area contributed by atoms with Gasteiger partial charge in [-0.05, 0) is 31.0 Å². The van der Waals surface area contributed by atoms with Crippen molar-refractivity contribution in [2.75, 3.05) is 0 Å². The molecule has 8 rings (SSSR count). The summed E-state index contributed by atoms with van der Waals surface area (Å²) in [4.78, 5) is 25.4. The van der Waals surface area contributed by atoms with Crippen LogP contribution in [0.15, 0.2) is 139 Å². The smallest absolute Gasteiger partial charge is 0.879 e. The first-order chi connectivity index (χ1) is 52.5. The van der Waals surface area contributed by atoms with Gasteiger partial charge in [0.2, 0.25) is 0 Å². The molecule has 0 aliphatic carbocycles. The van der Waals surface area contributed by atoms with Crippen LogP contribution >= 0.6 is 0 Å². The summed E-state index contributed by atoms with van der Waals surface area (Å²) in [5.41, 5.74) is 5.35. The van der Waals surface area contributed by atoms with Gasteiger partial charge >= 0.3 is 411 Å². The maximum atomic E-state index is 8.35. The summed E-state index contributed by atoms with van der Waals surface area (Å²) in [6, 6.07) is 30.5. The van der Waals surface area contributed by atoms with Gasteiger partial charge in [0, 0.05) is 0 Å². The first-order valence-electron chi connectivity index (χ1n) is 38.5. The van der Waals surface area contributed by atoms with Crippen LogP contribution in [-0.4, -0.2) is 87.6 Å². The SMILES string of the molecule is C.CC.CC.CC.CC.CC.CC.CC.CC.CC.CC.CC.CC.CC.CC.CC.CC.CC.CC.CC.CC.CC.[CH-]=Cc1[c-]ccnc1.[CH-]=Cc1[c-]cncc1.[CH-]=Cc1[c-]cnnc1.[CH-]=Nc1[c-]ccnc1.[CH-]=Nc1[c-]cnnc1.[K+].[K+].[K+].[K+].[K+].[K+].[K+].[K+].[N-]=Cc1[c-]ccnc1.[N-]=Cc1[c-]cncc1.[N-]=Cc1[c-]cnnc1. The van der Waals surface area contributed by atoms with Crippen molar-refractivity contribution in [1.82, 2.24) is 55.5 Å². The molecule has 0 saturated heterocycles. The van der Waals surface area contributed by atoms with E-state index in [9.17, 15) is 0 Å². The zero-order valence-corrected chi connectivity index (χ0v) is 109. The molecule has 0 amide bonds. The van der Waals surface area contributed by atoms with Gasteiger partial charge < -0.3 is 109 Å². The molecule has 8 aromatic heterocycles. The van der Waals surface area contributed by atoms with E-state index in [0.717, 1.165) is 35.3 Å². The average molecular weight is 1790 g/mol. The van der Waals surface area contributed by atoms with Gasteiger partial charge in [-0.3, -0.25) is 45.0 Å². The standard InChI is InChI=1S/2C7H5N.4C6H4N2.2C5H3N3.21C2H6.CH4.8K/c1-2-7-3-5-8-6-4-7;1-2-7-4-3-5-8-6-7;1-7-6-3-2-4-8-5-6;7-5-6-1-3-8-4-2-6;1-2-6-3-4-7-8-5-6;7-4-6-2-1-3-8-5-6;1-6-5-2-3-7-8-4-5;6-3-5-1-2-7-8-4-5;21*1-2;;;;;;;;;/h2*1-3,5-6H;1-2,4-5H;1,3-5H;1-2,4-5H;1,3-5H;1,3-4H;2-4H;21*1-2H3;1H4;;;;;;;;/q8*-2;;;;;;;;;;;;;;;;;;;;;;;8*+1. The van der Waals surface area contributed by atoms with Crippen LogP contribution in [-0.2, 0) is 0 Å². The minimum absolute atomic E-state index is 0. The van der Waals surface area contributed by atoms with Crippen LogP contribution in [0.1, 0.15) is 332 Å². The Morgan fingerprint density at radius 2 is 0.470 bits per heavy atom. The molecule has 24 heteroatoms. The van der Waals surface area contributed by atoms with Crippen LogP contribution in [0, 0.1) is 68.3 Å². The van der Waals surface area contributed by atoms with E-state index < -0.39 is 0 Å². The molecule has 0 aromatic carbocycles. The number of aromatic nitrogens is 11. The van der Waals surface area contributed by atoms with E-state index in [1.807, 2.05) is 291 Å².